The van der Waals surface area contributed by atoms with Crippen molar-refractivity contribution in [2.75, 3.05) is 20.1 Å². The highest BCUT2D eigenvalue weighted by Crippen LogP contribution is 2.22. The molecule has 1 aromatic rings. The van der Waals surface area contributed by atoms with E-state index in [9.17, 15) is 5.26 Å². The quantitative estimate of drug-likeness (QED) is 0.818. The zero-order chi connectivity index (χ0) is 14.3. The summed E-state index contributed by atoms with van der Waals surface area (Å²) in [5, 5.41) is 12.9. The lowest BCUT2D eigenvalue weighted by Crippen LogP contribution is -2.50. The summed E-state index contributed by atoms with van der Waals surface area (Å²) in [6.45, 7) is 8.20. The Kier molecular flexibility index (Phi) is 6.01. The first-order valence-corrected chi connectivity index (χ1v) is 7.03. The van der Waals surface area contributed by atoms with Gasteiger partial charge in [-0.2, -0.15) is 5.26 Å². The van der Waals surface area contributed by atoms with Crippen molar-refractivity contribution in [1.29, 1.82) is 5.26 Å². The van der Waals surface area contributed by atoms with Crippen LogP contribution in [0.1, 0.15) is 32.8 Å². The van der Waals surface area contributed by atoms with Gasteiger partial charge in [0.15, 0.2) is 0 Å². The second-order valence-electron chi connectivity index (χ2n) is 4.95. The first-order chi connectivity index (χ1) is 9.13. The van der Waals surface area contributed by atoms with Crippen LogP contribution >= 0.6 is 0 Å². The summed E-state index contributed by atoms with van der Waals surface area (Å²) in [7, 11) is 1.86. The second kappa shape index (κ2) is 7.28. The van der Waals surface area contributed by atoms with E-state index in [0.717, 1.165) is 18.5 Å². The first-order valence-electron chi connectivity index (χ1n) is 7.03. The number of hydrogen-bond acceptors (Lipinski definition) is 3. The van der Waals surface area contributed by atoms with E-state index in [1.54, 1.807) is 0 Å². The van der Waals surface area contributed by atoms with Gasteiger partial charge >= 0.3 is 0 Å². The Balaban J connectivity index is 3.04. The van der Waals surface area contributed by atoms with Crippen LogP contribution in [-0.4, -0.2) is 31.1 Å². The molecule has 3 heteroatoms. The topological polar surface area (TPSA) is 39.1 Å². The predicted molar refractivity (Wildman–Crippen MR) is 79.8 cm³/mol. The molecule has 0 heterocycles. The van der Waals surface area contributed by atoms with Crippen LogP contribution in [0.15, 0.2) is 30.3 Å². The number of likely N-dealkylation sites (N-methyl/N-ethyl adjacent to an activating group) is 2. The van der Waals surface area contributed by atoms with Gasteiger partial charge in [0.2, 0.25) is 0 Å². The third kappa shape index (κ3) is 3.56. The first kappa shape index (κ1) is 15.7. The third-order valence-corrected chi connectivity index (χ3v) is 3.94. The molecular formula is C16H25N3. The summed E-state index contributed by atoms with van der Waals surface area (Å²) in [5.74, 6) is 0. The minimum atomic E-state index is -0.638. The zero-order valence-corrected chi connectivity index (χ0v) is 12.5. The van der Waals surface area contributed by atoms with Gasteiger partial charge in [-0.3, -0.25) is 10.2 Å². The zero-order valence-electron chi connectivity index (χ0n) is 12.5. The van der Waals surface area contributed by atoms with Gasteiger partial charge in [-0.15, -0.1) is 0 Å². The highest BCUT2D eigenvalue weighted by atomic mass is 15.2. The SMILES string of the molecule is CCC(C)N(CC)CC(C#N)(NC)c1ccccc1. The van der Waals surface area contributed by atoms with Crippen molar-refractivity contribution in [3.63, 3.8) is 0 Å². The summed E-state index contributed by atoms with van der Waals surface area (Å²) in [6, 6.07) is 12.9. The van der Waals surface area contributed by atoms with Crippen molar-refractivity contribution in [3.8, 4) is 6.07 Å². The molecule has 19 heavy (non-hydrogen) atoms. The van der Waals surface area contributed by atoms with E-state index in [-0.39, 0.29) is 0 Å². The fourth-order valence-corrected chi connectivity index (χ4v) is 2.34. The third-order valence-electron chi connectivity index (χ3n) is 3.94. The van der Waals surface area contributed by atoms with Crippen molar-refractivity contribution in [2.45, 2.75) is 38.8 Å². The molecule has 0 aromatic heterocycles. The molecule has 2 unspecified atom stereocenters. The molecule has 104 valence electrons. The van der Waals surface area contributed by atoms with Crippen molar-refractivity contribution in [2.24, 2.45) is 0 Å². The van der Waals surface area contributed by atoms with Crippen molar-refractivity contribution >= 4 is 0 Å². The number of benzene rings is 1. The Morgan fingerprint density at radius 2 is 1.95 bits per heavy atom. The predicted octanol–water partition coefficient (Wildman–Crippen LogP) is 2.75. The lowest BCUT2D eigenvalue weighted by molar-refractivity contribution is 0.171. The van der Waals surface area contributed by atoms with Crippen LogP contribution < -0.4 is 5.32 Å². The van der Waals surface area contributed by atoms with Gasteiger partial charge < -0.3 is 0 Å². The van der Waals surface area contributed by atoms with E-state index in [4.69, 9.17) is 0 Å². The average Bonchev–Trinajstić information content (AvgIpc) is 2.49. The fraction of sp³-hybridized carbons (Fsp3) is 0.562. The minimum Gasteiger partial charge on any atom is -0.298 e. The molecule has 0 radical (unpaired) electrons. The molecule has 1 N–H and O–H groups in total. The van der Waals surface area contributed by atoms with Gasteiger partial charge in [0.05, 0.1) is 6.07 Å². The number of hydrogen-bond donors (Lipinski definition) is 1. The number of rotatable bonds is 7. The van der Waals surface area contributed by atoms with E-state index in [2.05, 4.69) is 37.1 Å². The standard InChI is InChI=1S/C16H25N3/c1-5-14(3)19(6-2)13-16(12-17,18-4)15-10-8-7-9-11-15/h7-11,14,18H,5-6,13H2,1-4H3. The number of nitrogens with one attached hydrogen (secondary N) is 1. The molecule has 1 rings (SSSR count). The molecule has 0 bridgehead atoms. The maximum atomic E-state index is 9.69. The lowest BCUT2D eigenvalue weighted by Gasteiger charge is -2.36. The minimum absolute atomic E-state index is 0.481. The highest BCUT2D eigenvalue weighted by molar-refractivity contribution is 5.32. The van der Waals surface area contributed by atoms with Gasteiger partial charge in [-0.05, 0) is 32.5 Å². The number of nitrogens with zero attached hydrogens (tertiary/aromatic N) is 2. The van der Waals surface area contributed by atoms with Gasteiger partial charge in [-0.1, -0.05) is 44.2 Å². The molecule has 0 saturated carbocycles. The van der Waals surface area contributed by atoms with Crippen LogP contribution in [0.5, 0.6) is 0 Å². The molecule has 0 saturated heterocycles. The van der Waals surface area contributed by atoms with Crippen LogP contribution in [0.2, 0.25) is 0 Å². The van der Waals surface area contributed by atoms with Gasteiger partial charge in [0.25, 0.3) is 0 Å². The molecule has 3 nitrogen and oxygen atoms in total. The van der Waals surface area contributed by atoms with Crippen LogP contribution in [-0.2, 0) is 5.54 Å². The van der Waals surface area contributed by atoms with Gasteiger partial charge in [-0.25, -0.2) is 0 Å². The molecule has 0 fully saturated rings. The maximum absolute atomic E-state index is 9.69. The van der Waals surface area contributed by atoms with Crippen molar-refractivity contribution < 1.29 is 0 Å². The molecule has 0 aliphatic heterocycles. The summed E-state index contributed by atoms with van der Waals surface area (Å²) in [6.07, 6.45) is 1.09. The van der Waals surface area contributed by atoms with E-state index >= 15 is 0 Å². The highest BCUT2D eigenvalue weighted by Gasteiger charge is 2.33. The van der Waals surface area contributed by atoms with E-state index in [0.29, 0.717) is 12.6 Å². The van der Waals surface area contributed by atoms with Crippen LogP contribution in [0.4, 0.5) is 0 Å². The Morgan fingerprint density at radius 1 is 1.32 bits per heavy atom. The Labute approximate surface area is 117 Å². The molecule has 0 amide bonds. The van der Waals surface area contributed by atoms with E-state index in [1.807, 2.05) is 37.4 Å². The second-order valence-corrected chi connectivity index (χ2v) is 4.95. The molecule has 2 atom stereocenters. The Hall–Kier alpha value is -1.37. The molecule has 0 aliphatic carbocycles. The average molecular weight is 259 g/mol. The summed E-state index contributed by atoms with van der Waals surface area (Å²) in [4.78, 5) is 2.35. The summed E-state index contributed by atoms with van der Waals surface area (Å²) < 4.78 is 0. The molecular weight excluding hydrogens is 234 g/mol. The van der Waals surface area contributed by atoms with Gasteiger partial charge in [0.1, 0.15) is 5.54 Å². The monoisotopic (exact) mass is 259 g/mol. The summed E-state index contributed by atoms with van der Waals surface area (Å²) >= 11 is 0. The number of nitriles is 1. The largest absolute Gasteiger partial charge is 0.298 e. The normalized spacial score (nSPS) is 15.8. The van der Waals surface area contributed by atoms with Crippen molar-refractivity contribution in [3.05, 3.63) is 35.9 Å². The molecule has 0 aliphatic rings. The molecule has 1 aromatic carbocycles. The van der Waals surface area contributed by atoms with E-state index < -0.39 is 5.54 Å². The Bertz CT molecular complexity index is 410. The lowest BCUT2D eigenvalue weighted by atomic mass is 9.90. The van der Waals surface area contributed by atoms with E-state index in [1.165, 1.54) is 0 Å². The maximum Gasteiger partial charge on any atom is 0.144 e. The molecule has 0 spiro atoms. The fourth-order valence-electron chi connectivity index (χ4n) is 2.34. The van der Waals surface area contributed by atoms with Gasteiger partial charge in [0, 0.05) is 12.6 Å². The smallest absolute Gasteiger partial charge is 0.144 e. The Morgan fingerprint density at radius 3 is 2.37 bits per heavy atom. The summed E-state index contributed by atoms with van der Waals surface area (Å²) in [5.41, 5.74) is 0.391. The van der Waals surface area contributed by atoms with Crippen LogP contribution in [0.25, 0.3) is 0 Å². The van der Waals surface area contributed by atoms with Crippen LogP contribution in [0, 0.1) is 11.3 Å². The van der Waals surface area contributed by atoms with Crippen molar-refractivity contribution in [1.82, 2.24) is 10.2 Å². The van der Waals surface area contributed by atoms with Crippen LogP contribution in [0.3, 0.4) is 0 Å².